The largest absolute Gasteiger partial charge is 0.497 e. The maximum absolute atomic E-state index is 12.6. The second kappa shape index (κ2) is 9.02. The van der Waals surface area contributed by atoms with Crippen molar-refractivity contribution >= 4 is 39.1 Å². The summed E-state index contributed by atoms with van der Waals surface area (Å²) in [7, 11) is -2.26. The maximum Gasteiger partial charge on any atom is 0.261 e. The molecule has 0 aliphatic rings. The molecule has 0 radical (unpaired) electrons. The van der Waals surface area contributed by atoms with Gasteiger partial charge in [-0.15, -0.1) is 11.8 Å². The van der Waals surface area contributed by atoms with Gasteiger partial charge in [0.15, 0.2) is 0 Å². The summed E-state index contributed by atoms with van der Waals surface area (Å²) in [6, 6.07) is 19.9. The SMILES string of the molecule is COc1cccc(NS(=O)(=O)c2ccc(NC(=O)c3ccccc3SC)cc2)c1. The van der Waals surface area contributed by atoms with E-state index in [0.717, 1.165) is 4.90 Å². The Morgan fingerprint density at radius 1 is 0.931 bits per heavy atom. The molecule has 0 unspecified atom stereocenters. The van der Waals surface area contributed by atoms with E-state index < -0.39 is 10.0 Å². The van der Waals surface area contributed by atoms with Crippen molar-refractivity contribution in [3.8, 4) is 5.75 Å². The summed E-state index contributed by atoms with van der Waals surface area (Å²) in [5.74, 6) is 0.300. The number of benzene rings is 3. The van der Waals surface area contributed by atoms with E-state index in [2.05, 4.69) is 10.0 Å². The number of hydrogen-bond donors (Lipinski definition) is 2. The number of rotatable bonds is 7. The van der Waals surface area contributed by atoms with Crippen molar-refractivity contribution in [2.45, 2.75) is 9.79 Å². The summed E-state index contributed by atoms with van der Waals surface area (Å²) in [6.45, 7) is 0. The molecule has 3 aromatic carbocycles. The number of methoxy groups -OCH3 is 1. The lowest BCUT2D eigenvalue weighted by Gasteiger charge is -2.11. The van der Waals surface area contributed by atoms with Crippen LogP contribution < -0.4 is 14.8 Å². The van der Waals surface area contributed by atoms with Gasteiger partial charge in [-0.2, -0.15) is 0 Å². The Labute approximate surface area is 174 Å². The lowest BCUT2D eigenvalue weighted by molar-refractivity contribution is 0.102. The van der Waals surface area contributed by atoms with Crippen molar-refractivity contribution in [2.24, 2.45) is 0 Å². The van der Waals surface area contributed by atoms with Crippen molar-refractivity contribution in [3.05, 3.63) is 78.4 Å². The van der Waals surface area contributed by atoms with Gasteiger partial charge in [0.2, 0.25) is 0 Å². The van der Waals surface area contributed by atoms with E-state index in [9.17, 15) is 13.2 Å². The van der Waals surface area contributed by atoms with Crippen LogP contribution in [0.1, 0.15) is 10.4 Å². The van der Waals surface area contributed by atoms with Crippen LogP contribution in [0.3, 0.4) is 0 Å². The van der Waals surface area contributed by atoms with Crippen molar-refractivity contribution < 1.29 is 17.9 Å². The first-order valence-electron chi connectivity index (χ1n) is 8.64. The van der Waals surface area contributed by atoms with Crippen molar-refractivity contribution in [1.82, 2.24) is 0 Å². The molecule has 0 atom stereocenters. The Hall–Kier alpha value is -2.97. The van der Waals surface area contributed by atoms with Gasteiger partial charge in [0.1, 0.15) is 5.75 Å². The van der Waals surface area contributed by atoms with Crippen LogP contribution in [0.15, 0.2) is 82.6 Å². The Balaban J connectivity index is 1.74. The molecular weight excluding hydrogens is 408 g/mol. The van der Waals surface area contributed by atoms with Crippen LogP contribution in [0.2, 0.25) is 0 Å². The number of ether oxygens (including phenoxy) is 1. The number of amides is 1. The number of anilines is 2. The molecule has 0 fully saturated rings. The number of hydrogen-bond acceptors (Lipinski definition) is 5. The quantitative estimate of drug-likeness (QED) is 0.543. The molecule has 0 bridgehead atoms. The molecule has 3 aromatic rings. The van der Waals surface area contributed by atoms with E-state index in [1.807, 2.05) is 18.4 Å². The Bertz CT molecular complexity index is 1110. The summed E-state index contributed by atoms with van der Waals surface area (Å²) in [5.41, 5.74) is 1.47. The minimum atomic E-state index is -3.77. The second-order valence-electron chi connectivity index (χ2n) is 6.02. The maximum atomic E-state index is 12.6. The number of carbonyl (C=O) groups is 1. The summed E-state index contributed by atoms with van der Waals surface area (Å²) in [4.78, 5) is 13.5. The van der Waals surface area contributed by atoms with Gasteiger partial charge in [0, 0.05) is 16.6 Å². The van der Waals surface area contributed by atoms with Crippen LogP contribution in [0.5, 0.6) is 5.75 Å². The van der Waals surface area contributed by atoms with Crippen molar-refractivity contribution in [2.75, 3.05) is 23.4 Å². The Morgan fingerprint density at radius 2 is 1.66 bits per heavy atom. The molecule has 29 heavy (non-hydrogen) atoms. The summed E-state index contributed by atoms with van der Waals surface area (Å²) >= 11 is 1.49. The van der Waals surface area contributed by atoms with Gasteiger partial charge < -0.3 is 10.1 Å². The van der Waals surface area contributed by atoms with Crippen LogP contribution in [-0.4, -0.2) is 27.7 Å². The predicted molar refractivity (Wildman–Crippen MR) is 116 cm³/mol. The van der Waals surface area contributed by atoms with Gasteiger partial charge in [-0.05, 0) is 54.8 Å². The lowest BCUT2D eigenvalue weighted by atomic mass is 10.2. The standard InChI is InChI=1S/C21H20N2O4S2/c1-27-17-7-5-6-16(14-17)23-29(25,26)18-12-10-15(11-13-18)22-21(24)19-8-3-4-9-20(19)28-2/h3-14,23H,1-2H3,(H,22,24). The Morgan fingerprint density at radius 3 is 2.34 bits per heavy atom. The molecule has 3 rings (SSSR count). The number of sulfonamides is 1. The van der Waals surface area contributed by atoms with Gasteiger partial charge in [0.25, 0.3) is 15.9 Å². The minimum Gasteiger partial charge on any atom is -0.497 e. The average molecular weight is 429 g/mol. The van der Waals surface area contributed by atoms with Crippen LogP contribution in [-0.2, 0) is 10.0 Å². The highest BCUT2D eigenvalue weighted by Gasteiger charge is 2.15. The van der Waals surface area contributed by atoms with Crippen molar-refractivity contribution in [1.29, 1.82) is 0 Å². The van der Waals surface area contributed by atoms with Gasteiger partial charge in [-0.3, -0.25) is 9.52 Å². The fourth-order valence-corrected chi connectivity index (χ4v) is 4.29. The van der Waals surface area contributed by atoms with Gasteiger partial charge in [-0.25, -0.2) is 8.42 Å². The van der Waals surface area contributed by atoms with E-state index in [1.165, 1.54) is 31.0 Å². The van der Waals surface area contributed by atoms with E-state index in [4.69, 9.17) is 4.74 Å². The van der Waals surface area contributed by atoms with Crippen LogP contribution in [0.4, 0.5) is 11.4 Å². The zero-order valence-electron chi connectivity index (χ0n) is 15.9. The number of carbonyl (C=O) groups excluding carboxylic acids is 1. The fraction of sp³-hybridized carbons (Fsp3) is 0.0952. The highest BCUT2D eigenvalue weighted by Crippen LogP contribution is 2.23. The van der Waals surface area contributed by atoms with Gasteiger partial charge >= 0.3 is 0 Å². The van der Waals surface area contributed by atoms with Gasteiger partial charge in [-0.1, -0.05) is 18.2 Å². The summed E-state index contributed by atoms with van der Waals surface area (Å²) in [6.07, 6.45) is 1.90. The zero-order chi connectivity index (χ0) is 20.9. The highest BCUT2D eigenvalue weighted by molar-refractivity contribution is 7.98. The summed E-state index contributed by atoms with van der Waals surface area (Å²) < 4.78 is 32.8. The van der Waals surface area contributed by atoms with Crippen LogP contribution in [0, 0.1) is 0 Å². The molecule has 6 nitrogen and oxygen atoms in total. The number of nitrogens with one attached hydrogen (secondary N) is 2. The first kappa shape index (κ1) is 20.8. The molecule has 8 heteroatoms. The average Bonchev–Trinajstić information content (AvgIpc) is 2.74. The van der Waals surface area contributed by atoms with Crippen LogP contribution in [0.25, 0.3) is 0 Å². The molecular formula is C21H20N2O4S2. The molecule has 0 aliphatic carbocycles. The second-order valence-corrected chi connectivity index (χ2v) is 8.55. The normalized spacial score (nSPS) is 11.0. The zero-order valence-corrected chi connectivity index (χ0v) is 17.5. The Kier molecular flexibility index (Phi) is 6.46. The molecule has 0 saturated heterocycles. The monoisotopic (exact) mass is 428 g/mol. The molecule has 0 heterocycles. The van der Waals surface area contributed by atoms with Gasteiger partial charge in [0.05, 0.1) is 23.3 Å². The smallest absolute Gasteiger partial charge is 0.261 e. The highest BCUT2D eigenvalue weighted by atomic mass is 32.2. The third-order valence-electron chi connectivity index (χ3n) is 4.10. The fourth-order valence-electron chi connectivity index (χ4n) is 2.65. The summed E-state index contributed by atoms with van der Waals surface area (Å²) in [5, 5.41) is 2.79. The molecule has 2 N–H and O–H groups in total. The third-order valence-corrected chi connectivity index (χ3v) is 6.29. The minimum absolute atomic E-state index is 0.0860. The molecule has 0 spiro atoms. The molecule has 1 amide bonds. The van der Waals surface area contributed by atoms with Crippen LogP contribution >= 0.6 is 11.8 Å². The van der Waals surface area contributed by atoms with E-state index >= 15 is 0 Å². The molecule has 0 aromatic heterocycles. The molecule has 150 valence electrons. The first-order valence-corrected chi connectivity index (χ1v) is 11.3. The van der Waals surface area contributed by atoms with Crippen molar-refractivity contribution in [3.63, 3.8) is 0 Å². The predicted octanol–water partition coefficient (Wildman–Crippen LogP) is 4.47. The van der Waals surface area contributed by atoms with E-state index in [0.29, 0.717) is 22.7 Å². The third kappa shape index (κ3) is 5.10. The number of thioether (sulfide) groups is 1. The molecule has 0 saturated carbocycles. The first-order chi connectivity index (χ1) is 13.9. The molecule has 0 aliphatic heterocycles. The van der Waals surface area contributed by atoms with E-state index in [1.54, 1.807) is 48.5 Å². The van der Waals surface area contributed by atoms with E-state index in [-0.39, 0.29) is 10.8 Å². The topological polar surface area (TPSA) is 84.5 Å². The lowest BCUT2D eigenvalue weighted by Crippen LogP contribution is -2.14.